The van der Waals surface area contributed by atoms with Gasteiger partial charge >= 0.3 is 0 Å². The van der Waals surface area contributed by atoms with E-state index in [2.05, 4.69) is 5.32 Å². The Morgan fingerprint density at radius 3 is 2.52 bits per heavy atom. The summed E-state index contributed by atoms with van der Waals surface area (Å²) in [6, 6.07) is -1.18. The number of nitrogens with one attached hydrogen (secondary N) is 2. The highest BCUT2D eigenvalue weighted by atomic mass is 16.5. The van der Waals surface area contributed by atoms with E-state index in [-0.39, 0.29) is 24.2 Å². The molecule has 3 amide bonds. The van der Waals surface area contributed by atoms with Gasteiger partial charge < -0.3 is 15.0 Å². The number of nitrogens with zero attached hydrogens (tertiary/aromatic N) is 1. The minimum Gasteiger partial charge on any atom is -0.344 e. The zero-order chi connectivity index (χ0) is 20.4. The van der Waals surface area contributed by atoms with Crippen LogP contribution in [0.4, 0.5) is 0 Å². The van der Waals surface area contributed by atoms with Gasteiger partial charge in [-0.05, 0) is 25.2 Å². The topological polar surface area (TPSA) is 116 Å². The van der Waals surface area contributed by atoms with E-state index in [4.69, 9.17) is 5.21 Å². The number of rotatable bonds is 11. The number of amides is 3. The van der Waals surface area contributed by atoms with Crippen molar-refractivity contribution in [2.45, 2.75) is 77.8 Å². The molecule has 27 heavy (non-hydrogen) atoms. The van der Waals surface area contributed by atoms with Gasteiger partial charge in [0.1, 0.15) is 12.3 Å². The van der Waals surface area contributed by atoms with Crippen molar-refractivity contribution in [1.29, 1.82) is 0 Å². The van der Waals surface area contributed by atoms with E-state index in [1.54, 1.807) is 5.48 Å². The summed E-state index contributed by atoms with van der Waals surface area (Å²) in [5.74, 6) is -2.02. The van der Waals surface area contributed by atoms with Crippen LogP contribution in [0.3, 0.4) is 0 Å². The molecule has 1 saturated heterocycles. The van der Waals surface area contributed by atoms with Crippen LogP contribution >= 0.6 is 0 Å². The molecule has 3 N–H and O–H groups in total. The van der Waals surface area contributed by atoms with E-state index in [9.17, 15) is 19.2 Å². The van der Waals surface area contributed by atoms with Crippen LogP contribution in [0, 0.1) is 11.8 Å². The summed E-state index contributed by atoms with van der Waals surface area (Å²) in [5, 5.41) is 11.6. The maximum absolute atomic E-state index is 12.9. The lowest BCUT2D eigenvalue weighted by Gasteiger charge is -2.30. The van der Waals surface area contributed by atoms with Crippen LogP contribution in [0.1, 0.15) is 65.7 Å². The second-order valence-corrected chi connectivity index (χ2v) is 7.54. The lowest BCUT2D eigenvalue weighted by molar-refractivity contribution is -0.141. The number of hydrogen-bond acceptors (Lipinski definition) is 5. The third kappa shape index (κ3) is 6.93. The van der Waals surface area contributed by atoms with Crippen LogP contribution in [-0.4, -0.2) is 52.7 Å². The summed E-state index contributed by atoms with van der Waals surface area (Å²) in [6.45, 7) is 6.22. The Morgan fingerprint density at radius 1 is 1.26 bits per heavy atom. The largest absolute Gasteiger partial charge is 0.344 e. The Balaban J connectivity index is 2.84. The molecule has 0 unspecified atom stereocenters. The Hall–Kier alpha value is -1.96. The van der Waals surface area contributed by atoms with Gasteiger partial charge in [-0.25, -0.2) is 5.48 Å². The highest BCUT2D eigenvalue weighted by Crippen LogP contribution is 2.20. The molecule has 1 fully saturated rings. The molecule has 8 heteroatoms. The van der Waals surface area contributed by atoms with Crippen molar-refractivity contribution < 1.29 is 24.4 Å². The first-order valence-corrected chi connectivity index (χ1v) is 9.84. The molecule has 0 aromatic rings. The Labute approximate surface area is 161 Å². The van der Waals surface area contributed by atoms with Crippen molar-refractivity contribution >= 4 is 24.0 Å². The van der Waals surface area contributed by atoms with Crippen LogP contribution in [-0.2, 0) is 19.2 Å². The van der Waals surface area contributed by atoms with E-state index in [1.165, 1.54) is 4.90 Å². The molecule has 0 spiro atoms. The lowest BCUT2D eigenvalue weighted by atomic mass is 9.94. The number of aldehydes is 1. The van der Waals surface area contributed by atoms with Crippen molar-refractivity contribution in [1.82, 2.24) is 15.7 Å². The van der Waals surface area contributed by atoms with Crippen LogP contribution in [0.15, 0.2) is 0 Å². The van der Waals surface area contributed by atoms with E-state index in [0.717, 1.165) is 32.0 Å². The predicted molar refractivity (Wildman–Crippen MR) is 99.7 cm³/mol. The SMILES string of the molecule is CCCCC[C@H](CC(=O)NO)C(=O)N[C@H](C(=O)N1CCC[C@H]1C=O)C(C)C. The van der Waals surface area contributed by atoms with Gasteiger partial charge in [-0.15, -0.1) is 0 Å². The molecular weight excluding hydrogens is 350 g/mol. The molecule has 0 aromatic carbocycles. The molecule has 0 saturated carbocycles. The average Bonchev–Trinajstić information content (AvgIpc) is 3.13. The van der Waals surface area contributed by atoms with Gasteiger partial charge in [-0.1, -0.05) is 40.0 Å². The number of likely N-dealkylation sites (tertiary alicyclic amines) is 1. The molecular formula is C19H33N3O5. The number of hydroxylamine groups is 1. The molecule has 1 heterocycles. The maximum atomic E-state index is 12.9. The summed E-state index contributed by atoms with van der Waals surface area (Å²) in [4.78, 5) is 49.9. The molecule has 1 aliphatic heterocycles. The Morgan fingerprint density at radius 2 is 1.96 bits per heavy atom. The highest BCUT2D eigenvalue weighted by molar-refractivity contribution is 5.91. The molecule has 8 nitrogen and oxygen atoms in total. The molecule has 1 aliphatic rings. The van der Waals surface area contributed by atoms with Crippen LogP contribution in [0.25, 0.3) is 0 Å². The fourth-order valence-electron chi connectivity index (χ4n) is 3.41. The van der Waals surface area contributed by atoms with Gasteiger partial charge in [-0.3, -0.25) is 19.6 Å². The summed E-state index contributed by atoms with van der Waals surface area (Å²) >= 11 is 0. The van der Waals surface area contributed by atoms with E-state index in [0.29, 0.717) is 19.4 Å². The molecule has 154 valence electrons. The van der Waals surface area contributed by atoms with E-state index < -0.39 is 23.9 Å². The van der Waals surface area contributed by atoms with Crippen molar-refractivity contribution in [3.05, 3.63) is 0 Å². The molecule has 1 rings (SSSR count). The summed E-state index contributed by atoms with van der Waals surface area (Å²) in [5.41, 5.74) is 1.56. The zero-order valence-corrected chi connectivity index (χ0v) is 16.6. The third-order valence-electron chi connectivity index (χ3n) is 5.05. The Bertz CT molecular complexity index is 523. The Kier molecular flexibility index (Phi) is 9.99. The fourth-order valence-corrected chi connectivity index (χ4v) is 3.41. The molecule has 3 atom stereocenters. The van der Waals surface area contributed by atoms with Crippen molar-refractivity contribution in [3.8, 4) is 0 Å². The summed E-state index contributed by atoms with van der Waals surface area (Å²) < 4.78 is 0. The zero-order valence-electron chi connectivity index (χ0n) is 16.6. The predicted octanol–water partition coefficient (Wildman–Crippen LogP) is 1.41. The smallest absolute Gasteiger partial charge is 0.246 e. The van der Waals surface area contributed by atoms with Gasteiger partial charge in [0.2, 0.25) is 17.7 Å². The second kappa shape index (κ2) is 11.7. The quantitative estimate of drug-likeness (QED) is 0.216. The molecule has 0 aliphatic carbocycles. The number of carbonyl (C=O) groups is 4. The van der Waals surface area contributed by atoms with Gasteiger partial charge in [0, 0.05) is 18.9 Å². The van der Waals surface area contributed by atoms with Crippen LogP contribution in [0.5, 0.6) is 0 Å². The number of hydrogen-bond donors (Lipinski definition) is 3. The summed E-state index contributed by atoms with van der Waals surface area (Å²) in [7, 11) is 0. The first kappa shape index (κ1) is 23.1. The minimum atomic E-state index is -0.746. The van der Waals surface area contributed by atoms with Gasteiger partial charge in [-0.2, -0.15) is 0 Å². The molecule has 0 radical (unpaired) electrons. The van der Waals surface area contributed by atoms with Crippen LogP contribution in [0.2, 0.25) is 0 Å². The third-order valence-corrected chi connectivity index (χ3v) is 5.05. The summed E-state index contributed by atoms with van der Waals surface area (Å²) in [6.07, 6.45) is 5.27. The minimum absolute atomic E-state index is 0.133. The maximum Gasteiger partial charge on any atom is 0.246 e. The average molecular weight is 383 g/mol. The van der Waals surface area contributed by atoms with Gasteiger partial charge in [0.15, 0.2) is 0 Å². The standard InChI is InChI=1S/C19H33N3O5/c1-4-5-6-8-14(11-16(24)21-27)18(25)20-17(13(2)3)19(26)22-10-7-9-15(22)12-23/h12-15,17,27H,4-11H2,1-3H3,(H,20,25)(H,21,24)/t14-,15+,17+/m1/s1. The van der Waals surface area contributed by atoms with Crippen LogP contribution < -0.4 is 10.8 Å². The van der Waals surface area contributed by atoms with E-state index >= 15 is 0 Å². The number of carbonyl (C=O) groups excluding carboxylic acids is 4. The molecule has 0 aromatic heterocycles. The van der Waals surface area contributed by atoms with Crippen molar-refractivity contribution in [2.24, 2.45) is 11.8 Å². The van der Waals surface area contributed by atoms with Gasteiger partial charge in [0.25, 0.3) is 0 Å². The normalized spacial score (nSPS) is 18.9. The lowest BCUT2D eigenvalue weighted by Crippen LogP contribution is -2.54. The molecule has 0 bridgehead atoms. The van der Waals surface area contributed by atoms with Crippen molar-refractivity contribution in [2.75, 3.05) is 6.54 Å². The van der Waals surface area contributed by atoms with Crippen molar-refractivity contribution in [3.63, 3.8) is 0 Å². The first-order chi connectivity index (χ1) is 12.8. The van der Waals surface area contributed by atoms with Gasteiger partial charge in [0.05, 0.1) is 6.04 Å². The number of unbranched alkanes of at least 4 members (excludes halogenated alkanes) is 2. The highest BCUT2D eigenvalue weighted by Gasteiger charge is 2.36. The second-order valence-electron chi connectivity index (χ2n) is 7.54. The first-order valence-electron chi connectivity index (χ1n) is 9.84. The fraction of sp³-hybridized carbons (Fsp3) is 0.789. The monoisotopic (exact) mass is 383 g/mol. The van der Waals surface area contributed by atoms with E-state index in [1.807, 2.05) is 20.8 Å².